The fourth-order valence-corrected chi connectivity index (χ4v) is 3.84. The number of piperazine rings is 1. The van der Waals surface area contributed by atoms with Crippen LogP contribution in [0.4, 0.5) is 0 Å². The zero-order valence-electron chi connectivity index (χ0n) is 17.1. The van der Waals surface area contributed by atoms with Crippen LogP contribution < -0.4 is 10.3 Å². The predicted molar refractivity (Wildman–Crippen MR) is 115 cm³/mol. The topological polar surface area (TPSA) is 85.3 Å². The molecule has 7 nitrogen and oxygen atoms in total. The first-order valence-electron chi connectivity index (χ1n) is 10.2. The average Bonchev–Trinajstić information content (AvgIpc) is 2.79. The van der Waals surface area contributed by atoms with Gasteiger partial charge in [-0.25, -0.2) is 4.98 Å². The molecule has 3 aromatic rings. The Labute approximate surface area is 175 Å². The maximum Gasteiger partial charge on any atom is 0.258 e. The van der Waals surface area contributed by atoms with Crippen LogP contribution in [0, 0.1) is 11.3 Å². The first kappa shape index (κ1) is 20.1. The molecule has 1 saturated heterocycles. The van der Waals surface area contributed by atoms with Crippen molar-refractivity contribution in [2.45, 2.75) is 13.0 Å². The van der Waals surface area contributed by atoms with Gasteiger partial charge in [0, 0.05) is 45.7 Å². The molecule has 4 rings (SSSR count). The largest absolute Gasteiger partial charge is 0.494 e. The Balaban J connectivity index is 1.32. The van der Waals surface area contributed by atoms with Crippen LogP contribution in [0.15, 0.2) is 47.3 Å². The molecule has 0 amide bonds. The third kappa shape index (κ3) is 4.51. The van der Waals surface area contributed by atoms with E-state index in [2.05, 4.69) is 25.8 Å². The first-order chi connectivity index (χ1) is 14.7. The number of hydrogen-bond acceptors (Lipinski definition) is 6. The summed E-state index contributed by atoms with van der Waals surface area (Å²) in [5, 5.41) is 9.46. The predicted octanol–water partition coefficient (Wildman–Crippen LogP) is 2.16. The van der Waals surface area contributed by atoms with Crippen LogP contribution in [0.1, 0.15) is 17.0 Å². The van der Waals surface area contributed by atoms with Gasteiger partial charge in [-0.2, -0.15) is 5.26 Å². The molecular weight excluding hydrogens is 378 g/mol. The maximum absolute atomic E-state index is 12.4. The van der Waals surface area contributed by atoms with Crippen LogP contribution in [0.3, 0.4) is 0 Å². The van der Waals surface area contributed by atoms with Crippen LogP contribution in [0.25, 0.3) is 10.9 Å². The summed E-state index contributed by atoms with van der Waals surface area (Å²) in [6.07, 6.45) is 0.693. The SMILES string of the molecule is COc1cccc2c(=O)[nH]c(CCN3CCN(Cc4ccc(C#N)cc4)CC3)nc12. The summed E-state index contributed by atoms with van der Waals surface area (Å²) in [5.41, 5.74) is 2.42. The number of nitrogens with one attached hydrogen (secondary N) is 1. The Morgan fingerprint density at radius 2 is 1.83 bits per heavy atom. The smallest absolute Gasteiger partial charge is 0.258 e. The number of rotatable bonds is 6. The number of nitriles is 1. The molecule has 0 bridgehead atoms. The molecule has 0 aliphatic carbocycles. The monoisotopic (exact) mass is 403 g/mol. The Hall–Kier alpha value is -3.21. The normalized spacial score (nSPS) is 15.2. The second-order valence-electron chi connectivity index (χ2n) is 7.55. The van der Waals surface area contributed by atoms with Crippen molar-refractivity contribution in [1.82, 2.24) is 19.8 Å². The van der Waals surface area contributed by atoms with E-state index in [4.69, 9.17) is 10.00 Å². The molecule has 1 N–H and O–H groups in total. The van der Waals surface area contributed by atoms with E-state index in [1.165, 1.54) is 5.56 Å². The Morgan fingerprint density at radius 3 is 2.53 bits per heavy atom. The quantitative estimate of drug-likeness (QED) is 0.679. The number of benzene rings is 2. The fraction of sp³-hybridized carbons (Fsp3) is 0.348. The number of nitrogens with zero attached hydrogens (tertiary/aromatic N) is 4. The molecule has 1 aliphatic rings. The highest BCUT2D eigenvalue weighted by atomic mass is 16.5. The van der Waals surface area contributed by atoms with Crippen molar-refractivity contribution in [3.63, 3.8) is 0 Å². The van der Waals surface area contributed by atoms with Crippen molar-refractivity contribution < 1.29 is 4.74 Å². The second-order valence-corrected chi connectivity index (χ2v) is 7.55. The van der Waals surface area contributed by atoms with E-state index in [1.807, 2.05) is 30.3 Å². The van der Waals surface area contributed by atoms with Gasteiger partial charge in [0.2, 0.25) is 0 Å². The molecule has 2 heterocycles. The lowest BCUT2D eigenvalue weighted by Gasteiger charge is -2.34. The summed E-state index contributed by atoms with van der Waals surface area (Å²) in [7, 11) is 1.59. The lowest BCUT2D eigenvalue weighted by atomic mass is 10.1. The molecule has 0 unspecified atom stereocenters. The van der Waals surface area contributed by atoms with Gasteiger partial charge in [-0.05, 0) is 29.8 Å². The third-order valence-corrected chi connectivity index (χ3v) is 5.59. The van der Waals surface area contributed by atoms with Crippen molar-refractivity contribution in [2.24, 2.45) is 0 Å². The van der Waals surface area contributed by atoms with Crippen molar-refractivity contribution >= 4 is 10.9 Å². The van der Waals surface area contributed by atoms with Gasteiger partial charge in [-0.15, -0.1) is 0 Å². The third-order valence-electron chi connectivity index (χ3n) is 5.59. The van der Waals surface area contributed by atoms with Gasteiger partial charge in [0.15, 0.2) is 0 Å². The Morgan fingerprint density at radius 1 is 1.10 bits per heavy atom. The number of fused-ring (bicyclic) bond motifs is 1. The van der Waals surface area contributed by atoms with E-state index in [0.717, 1.165) is 39.3 Å². The lowest BCUT2D eigenvalue weighted by Crippen LogP contribution is -2.46. The van der Waals surface area contributed by atoms with Crippen LogP contribution in [0.5, 0.6) is 5.75 Å². The van der Waals surface area contributed by atoms with Gasteiger partial charge >= 0.3 is 0 Å². The molecule has 0 radical (unpaired) electrons. The molecule has 2 aromatic carbocycles. The molecule has 1 aromatic heterocycles. The lowest BCUT2D eigenvalue weighted by molar-refractivity contribution is 0.128. The summed E-state index contributed by atoms with van der Waals surface area (Å²) in [4.78, 5) is 24.8. The summed E-state index contributed by atoms with van der Waals surface area (Å²) < 4.78 is 5.36. The molecule has 0 spiro atoms. The number of aromatic amines is 1. The van der Waals surface area contributed by atoms with Crippen molar-refractivity contribution in [1.29, 1.82) is 5.26 Å². The average molecular weight is 403 g/mol. The summed E-state index contributed by atoms with van der Waals surface area (Å²) in [5.74, 6) is 1.31. The zero-order chi connectivity index (χ0) is 20.9. The standard InChI is InChI=1S/C23H25N5O2/c1-30-20-4-2-3-19-22(20)25-21(26-23(19)29)9-10-27-11-13-28(14-12-27)16-18-7-5-17(15-24)6-8-18/h2-8H,9-14,16H2,1H3,(H,25,26,29). The van der Waals surface area contributed by atoms with E-state index in [-0.39, 0.29) is 5.56 Å². The van der Waals surface area contributed by atoms with Gasteiger partial charge in [-0.3, -0.25) is 9.69 Å². The highest BCUT2D eigenvalue weighted by Gasteiger charge is 2.17. The van der Waals surface area contributed by atoms with E-state index < -0.39 is 0 Å². The number of para-hydroxylation sites is 1. The fourth-order valence-electron chi connectivity index (χ4n) is 3.84. The number of hydrogen-bond donors (Lipinski definition) is 1. The van der Waals surface area contributed by atoms with E-state index in [0.29, 0.717) is 34.5 Å². The Kier molecular flexibility index (Phi) is 6.07. The first-order valence-corrected chi connectivity index (χ1v) is 10.2. The van der Waals surface area contributed by atoms with Gasteiger partial charge in [0.05, 0.1) is 24.1 Å². The van der Waals surface area contributed by atoms with Crippen molar-refractivity contribution in [2.75, 3.05) is 39.8 Å². The van der Waals surface area contributed by atoms with Crippen LogP contribution in [-0.2, 0) is 13.0 Å². The molecular formula is C23H25N5O2. The molecule has 0 saturated carbocycles. The molecule has 154 valence electrons. The highest BCUT2D eigenvalue weighted by molar-refractivity contribution is 5.83. The molecule has 30 heavy (non-hydrogen) atoms. The highest BCUT2D eigenvalue weighted by Crippen LogP contribution is 2.20. The number of H-pyrrole nitrogens is 1. The molecule has 0 atom stereocenters. The number of ether oxygens (including phenoxy) is 1. The summed E-state index contributed by atoms with van der Waals surface area (Å²) in [6, 6.07) is 15.3. The van der Waals surface area contributed by atoms with Crippen LogP contribution in [0.2, 0.25) is 0 Å². The number of methoxy groups -OCH3 is 1. The minimum absolute atomic E-state index is 0.124. The van der Waals surface area contributed by atoms with Crippen molar-refractivity contribution in [3.05, 3.63) is 69.8 Å². The summed E-state index contributed by atoms with van der Waals surface area (Å²) in [6.45, 7) is 5.72. The maximum atomic E-state index is 12.4. The zero-order valence-corrected chi connectivity index (χ0v) is 17.1. The van der Waals surface area contributed by atoms with E-state index in [1.54, 1.807) is 19.2 Å². The van der Waals surface area contributed by atoms with Gasteiger partial charge in [0.25, 0.3) is 5.56 Å². The second kappa shape index (κ2) is 9.08. The summed E-state index contributed by atoms with van der Waals surface area (Å²) >= 11 is 0. The van der Waals surface area contributed by atoms with Crippen molar-refractivity contribution in [3.8, 4) is 11.8 Å². The molecule has 1 fully saturated rings. The van der Waals surface area contributed by atoms with E-state index in [9.17, 15) is 4.79 Å². The van der Waals surface area contributed by atoms with Crippen LogP contribution in [-0.4, -0.2) is 59.6 Å². The number of aromatic nitrogens is 2. The minimum atomic E-state index is -0.124. The van der Waals surface area contributed by atoms with E-state index >= 15 is 0 Å². The molecule has 1 aliphatic heterocycles. The van der Waals surface area contributed by atoms with Gasteiger partial charge < -0.3 is 14.6 Å². The molecule has 7 heteroatoms. The minimum Gasteiger partial charge on any atom is -0.494 e. The van der Waals surface area contributed by atoms with Gasteiger partial charge in [-0.1, -0.05) is 18.2 Å². The Bertz CT molecular complexity index is 1110. The van der Waals surface area contributed by atoms with Gasteiger partial charge in [0.1, 0.15) is 17.1 Å². The van der Waals surface area contributed by atoms with Crippen LogP contribution >= 0.6 is 0 Å².